The van der Waals surface area contributed by atoms with Crippen LogP contribution in [0.2, 0.25) is 0 Å². The van der Waals surface area contributed by atoms with Crippen molar-refractivity contribution in [2.24, 2.45) is 0 Å². The first kappa shape index (κ1) is 16.1. The summed E-state index contributed by atoms with van der Waals surface area (Å²) in [5, 5.41) is 2.68. The molecule has 8 heteroatoms. The number of nitrogens with zero attached hydrogens (tertiary/aromatic N) is 3. The summed E-state index contributed by atoms with van der Waals surface area (Å²) in [5.74, 6) is -0.944. The third-order valence-electron chi connectivity index (χ3n) is 3.24. The fourth-order valence-corrected chi connectivity index (χ4v) is 2.73. The molecule has 0 saturated heterocycles. The van der Waals surface area contributed by atoms with Gasteiger partial charge in [0.25, 0.3) is 0 Å². The van der Waals surface area contributed by atoms with E-state index >= 15 is 0 Å². The predicted molar refractivity (Wildman–Crippen MR) is 89.7 cm³/mol. The zero-order valence-corrected chi connectivity index (χ0v) is 13.5. The van der Waals surface area contributed by atoms with E-state index in [0.717, 1.165) is 17.3 Å². The van der Waals surface area contributed by atoms with Crippen molar-refractivity contribution in [3.05, 3.63) is 64.5 Å². The minimum absolute atomic E-state index is 0.0319. The average Bonchev–Trinajstić information content (AvgIpc) is 2.56. The number of anilines is 1. The van der Waals surface area contributed by atoms with Crippen LogP contribution < -0.4 is 11.0 Å². The number of hydrogen-bond donors (Lipinski definition) is 1. The largest absolute Gasteiger partial charge is 0.355 e. The topological polar surface area (TPSA) is 76.4 Å². The molecular weight excluding hydrogens is 331 g/mol. The Labute approximate surface area is 140 Å². The first-order chi connectivity index (χ1) is 11.5. The van der Waals surface area contributed by atoms with E-state index in [0.29, 0.717) is 5.65 Å². The number of halogens is 1. The van der Waals surface area contributed by atoms with Crippen molar-refractivity contribution in [1.82, 2.24) is 14.4 Å². The van der Waals surface area contributed by atoms with Crippen molar-refractivity contribution in [1.29, 1.82) is 0 Å². The third kappa shape index (κ3) is 3.43. The molecule has 0 spiro atoms. The van der Waals surface area contributed by atoms with E-state index in [4.69, 9.17) is 0 Å². The smallest absolute Gasteiger partial charge is 0.323 e. The summed E-state index contributed by atoms with van der Waals surface area (Å²) in [6, 6.07) is 9.47. The minimum Gasteiger partial charge on any atom is -0.323 e. The number of nitrogens with one attached hydrogen (secondary N) is 1. The highest BCUT2D eigenvalue weighted by Crippen LogP contribution is 2.16. The highest BCUT2D eigenvalue weighted by molar-refractivity contribution is 7.99. The molecule has 0 atom stereocenters. The van der Waals surface area contributed by atoms with Gasteiger partial charge < -0.3 is 5.32 Å². The lowest BCUT2D eigenvalue weighted by Gasteiger charge is -2.06. The molecule has 0 saturated carbocycles. The lowest BCUT2D eigenvalue weighted by molar-refractivity contribution is -0.113. The van der Waals surface area contributed by atoms with E-state index in [-0.39, 0.29) is 16.6 Å². The molecule has 2 heterocycles. The molecule has 2 aromatic heterocycles. The van der Waals surface area contributed by atoms with Crippen molar-refractivity contribution in [3.8, 4) is 0 Å². The molecule has 1 N–H and O–H groups in total. The molecule has 1 aromatic carbocycles. The van der Waals surface area contributed by atoms with Gasteiger partial charge in [0, 0.05) is 6.20 Å². The summed E-state index contributed by atoms with van der Waals surface area (Å²) in [5.41, 5.74) is 0.975. The van der Waals surface area contributed by atoms with Crippen LogP contribution in [0.5, 0.6) is 0 Å². The summed E-state index contributed by atoms with van der Waals surface area (Å²) in [4.78, 5) is 32.0. The molecule has 0 unspecified atom stereocenters. The summed E-state index contributed by atoms with van der Waals surface area (Å²) >= 11 is 1.02. The maximum absolute atomic E-state index is 13.5. The highest BCUT2D eigenvalue weighted by atomic mass is 32.2. The molecule has 3 aromatic rings. The number of para-hydroxylation sites is 1. The Morgan fingerprint density at radius 1 is 1.25 bits per heavy atom. The van der Waals surface area contributed by atoms with Gasteiger partial charge in [-0.25, -0.2) is 14.2 Å². The number of hydrogen-bond acceptors (Lipinski definition) is 5. The normalized spacial score (nSPS) is 10.8. The number of aryl methyl sites for hydroxylation is 1. The van der Waals surface area contributed by atoms with Gasteiger partial charge in [0.2, 0.25) is 5.91 Å². The first-order valence-corrected chi connectivity index (χ1v) is 8.06. The molecule has 6 nitrogen and oxygen atoms in total. The Balaban J connectivity index is 1.74. The Kier molecular flexibility index (Phi) is 4.57. The van der Waals surface area contributed by atoms with Crippen LogP contribution in [0.3, 0.4) is 0 Å². The van der Waals surface area contributed by atoms with Crippen LogP contribution in [0, 0.1) is 12.7 Å². The fraction of sp³-hybridized carbons (Fsp3) is 0.125. The Morgan fingerprint density at radius 2 is 2.04 bits per heavy atom. The van der Waals surface area contributed by atoms with Crippen molar-refractivity contribution in [2.75, 3.05) is 11.1 Å². The molecule has 24 heavy (non-hydrogen) atoms. The molecule has 1 amide bonds. The maximum Gasteiger partial charge on any atom is 0.355 e. The Morgan fingerprint density at radius 3 is 2.83 bits per heavy atom. The zero-order valence-electron chi connectivity index (χ0n) is 12.7. The van der Waals surface area contributed by atoms with Gasteiger partial charge in [-0.1, -0.05) is 30.0 Å². The average molecular weight is 344 g/mol. The molecule has 0 radical (unpaired) electrons. The molecule has 0 bridgehead atoms. The number of rotatable bonds is 4. The highest BCUT2D eigenvalue weighted by Gasteiger charge is 2.10. The van der Waals surface area contributed by atoms with E-state index in [1.807, 2.05) is 13.0 Å². The van der Waals surface area contributed by atoms with E-state index in [2.05, 4.69) is 15.3 Å². The maximum atomic E-state index is 13.5. The summed E-state index contributed by atoms with van der Waals surface area (Å²) in [6.45, 7) is 1.83. The van der Waals surface area contributed by atoms with Gasteiger partial charge in [-0.3, -0.25) is 9.20 Å². The number of carbonyl (C=O) groups is 1. The third-order valence-corrected chi connectivity index (χ3v) is 4.09. The number of amides is 1. The van der Waals surface area contributed by atoms with Crippen LogP contribution in [0.25, 0.3) is 5.65 Å². The zero-order chi connectivity index (χ0) is 17.1. The molecule has 3 rings (SSSR count). The fourth-order valence-electron chi connectivity index (χ4n) is 2.10. The van der Waals surface area contributed by atoms with Crippen molar-refractivity contribution in [3.63, 3.8) is 0 Å². The van der Waals surface area contributed by atoms with Gasteiger partial charge in [-0.15, -0.1) is 0 Å². The summed E-state index contributed by atoms with van der Waals surface area (Å²) < 4.78 is 14.8. The number of carbonyl (C=O) groups excluding carboxylic acids is 1. The lowest BCUT2D eigenvalue weighted by Crippen LogP contribution is -2.20. The van der Waals surface area contributed by atoms with Gasteiger partial charge in [0.15, 0.2) is 5.16 Å². The molecule has 0 aliphatic heterocycles. The second-order valence-electron chi connectivity index (χ2n) is 4.99. The van der Waals surface area contributed by atoms with Crippen LogP contribution >= 0.6 is 11.8 Å². The molecule has 0 aliphatic carbocycles. The van der Waals surface area contributed by atoms with Crippen molar-refractivity contribution < 1.29 is 9.18 Å². The number of fused-ring (bicyclic) bond motifs is 1. The van der Waals surface area contributed by atoms with E-state index in [1.54, 1.807) is 24.4 Å². The van der Waals surface area contributed by atoms with E-state index < -0.39 is 17.4 Å². The van der Waals surface area contributed by atoms with Crippen molar-refractivity contribution in [2.45, 2.75) is 12.1 Å². The van der Waals surface area contributed by atoms with Gasteiger partial charge >= 0.3 is 5.69 Å². The number of thioether (sulfide) groups is 1. The molecule has 122 valence electrons. The lowest BCUT2D eigenvalue weighted by atomic mass is 10.3. The van der Waals surface area contributed by atoms with Gasteiger partial charge in [-0.05, 0) is 30.7 Å². The molecular formula is C16H13FN4O2S. The molecule has 0 fully saturated rings. The van der Waals surface area contributed by atoms with Crippen LogP contribution in [0.15, 0.2) is 52.5 Å². The summed E-state index contributed by atoms with van der Waals surface area (Å²) in [6.07, 6.45) is 1.59. The van der Waals surface area contributed by atoms with Gasteiger partial charge in [0.05, 0.1) is 11.4 Å². The number of aromatic nitrogens is 3. The van der Waals surface area contributed by atoms with Crippen LogP contribution in [0.4, 0.5) is 10.1 Å². The number of benzene rings is 1. The summed E-state index contributed by atoms with van der Waals surface area (Å²) in [7, 11) is 0. The van der Waals surface area contributed by atoms with Gasteiger partial charge in [0.1, 0.15) is 11.5 Å². The molecule has 0 aliphatic rings. The predicted octanol–water partition coefficient (Wildman–Crippen LogP) is 2.27. The Hall–Kier alpha value is -2.74. The minimum atomic E-state index is -0.508. The van der Waals surface area contributed by atoms with Crippen LogP contribution in [-0.2, 0) is 4.79 Å². The van der Waals surface area contributed by atoms with Crippen LogP contribution in [0.1, 0.15) is 5.56 Å². The first-order valence-electron chi connectivity index (χ1n) is 7.08. The monoisotopic (exact) mass is 344 g/mol. The standard InChI is InChI=1S/C16H13FN4O2S/c1-10-5-4-8-21-14(10)19-15(20-16(21)23)24-9-13(22)18-12-7-3-2-6-11(12)17/h2-8H,9H2,1H3,(H,18,22). The number of pyridine rings is 1. The van der Waals surface area contributed by atoms with E-state index in [9.17, 15) is 14.0 Å². The second-order valence-corrected chi connectivity index (χ2v) is 5.93. The van der Waals surface area contributed by atoms with E-state index in [1.165, 1.54) is 16.5 Å². The SMILES string of the molecule is Cc1cccn2c(=O)nc(SCC(=O)Nc3ccccc3F)nc12. The Bertz CT molecular complexity index is 974. The second kappa shape index (κ2) is 6.79. The van der Waals surface area contributed by atoms with Crippen LogP contribution in [-0.4, -0.2) is 26.0 Å². The van der Waals surface area contributed by atoms with Crippen molar-refractivity contribution >= 4 is 29.0 Å². The quantitative estimate of drug-likeness (QED) is 0.735. The van der Waals surface area contributed by atoms with Gasteiger partial charge in [-0.2, -0.15) is 4.98 Å².